The van der Waals surface area contributed by atoms with Crippen LogP contribution in [0.2, 0.25) is 0 Å². The van der Waals surface area contributed by atoms with Crippen molar-refractivity contribution in [1.82, 2.24) is 14.9 Å². The van der Waals surface area contributed by atoms with Crippen LogP contribution in [-0.2, 0) is 14.8 Å². The molecule has 2 aromatic carbocycles. The van der Waals surface area contributed by atoms with Gasteiger partial charge in [-0.05, 0) is 42.2 Å². The summed E-state index contributed by atoms with van der Waals surface area (Å²) >= 11 is 0. The highest BCUT2D eigenvalue weighted by Crippen LogP contribution is 2.20. The van der Waals surface area contributed by atoms with Gasteiger partial charge in [0.2, 0.25) is 15.9 Å². The Hall–Kier alpha value is -1.96. The van der Waals surface area contributed by atoms with E-state index in [2.05, 4.69) is 45.3 Å². The van der Waals surface area contributed by atoms with E-state index in [-0.39, 0.29) is 18.0 Å². The summed E-state index contributed by atoms with van der Waals surface area (Å²) in [4.78, 5) is 14.5. The van der Waals surface area contributed by atoms with Crippen molar-refractivity contribution in [3.63, 3.8) is 0 Å². The number of sulfonamides is 1. The minimum absolute atomic E-state index is 0.00909. The lowest BCUT2D eigenvalue weighted by Gasteiger charge is -2.31. The van der Waals surface area contributed by atoms with E-state index in [9.17, 15) is 13.2 Å². The maximum Gasteiger partial charge on any atom is 0.234 e. The third-order valence-electron chi connectivity index (χ3n) is 4.99. The van der Waals surface area contributed by atoms with Gasteiger partial charge in [0, 0.05) is 19.1 Å². The number of piperidine rings is 1. The monoisotopic (exact) mass is 389 g/mol. The molecule has 1 saturated heterocycles. The van der Waals surface area contributed by atoms with Gasteiger partial charge in [-0.3, -0.25) is 9.69 Å². The molecule has 1 aliphatic rings. The van der Waals surface area contributed by atoms with Crippen LogP contribution >= 0.6 is 0 Å². The molecule has 1 amide bonds. The quantitative estimate of drug-likeness (QED) is 0.792. The second kappa shape index (κ2) is 8.37. The number of likely N-dealkylation sites (tertiary alicyclic amines) is 1. The maximum atomic E-state index is 12.4. The van der Waals surface area contributed by atoms with Gasteiger partial charge in [0.25, 0.3) is 0 Å². The lowest BCUT2D eigenvalue weighted by atomic mass is 10.0. The summed E-state index contributed by atoms with van der Waals surface area (Å²) in [6.45, 7) is 3.75. The fraction of sp³-hybridized carbons (Fsp3) is 0.450. The summed E-state index contributed by atoms with van der Waals surface area (Å²) in [5, 5.41) is 5.41. The number of carbonyl (C=O) groups is 1. The Morgan fingerprint density at radius 3 is 2.48 bits per heavy atom. The van der Waals surface area contributed by atoms with Crippen molar-refractivity contribution in [3.05, 3.63) is 48.0 Å². The first-order chi connectivity index (χ1) is 12.8. The van der Waals surface area contributed by atoms with Crippen molar-refractivity contribution < 1.29 is 13.2 Å². The topological polar surface area (TPSA) is 78.5 Å². The predicted molar refractivity (Wildman–Crippen MR) is 108 cm³/mol. The average Bonchev–Trinajstić information content (AvgIpc) is 2.61. The predicted octanol–water partition coefficient (Wildman–Crippen LogP) is 2.03. The van der Waals surface area contributed by atoms with Crippen LogP contribution in [-0.4, -0.2) is 51.2 Å². The zero-order chi connectivity index (χ0) is 19.4. The summed E-state index contributed by atoms with van der Waals surface area (Å²) < 4.78 is 25.3. The largest absolute Gasteiger partial charge is 0.348 e. The fourth-order valence-corrected chi connectivity index (χ4v) is 4.40. The lowest BCUT2D eigenvalue weighted by molar-refractivity contribution is -0.123. The minimum Gasteiger partial charge on any atom is -0.348 e. The Morgan fingerprint density at radius 2 is 1.81 bits per heavy atom. The van der Waals surface area contributed by atoms with Crippen molar-refractivity contribution in [3.8, 4) is 0 Å². The second-order valence-corrected chi connectivity index (χ2v) is 9.12. The molecule has 2 aromatic rings. The van der Waals surface area contributed by atoms with Crippen molar-refractivity contribution in [1.29, 1.82) is 0 Å². The molecule has 1 atom stereocenters. The Bertz CT molecular complexity index is 906. The summed E-state index contributed by atoms with van der Waals surface area (Å²) in [6.07, 6.45) is 2.63. The Labute approximate surface area is 161 Å². The van der Waals surface area contributed by atoms with Crippen molar-refractivity contribution in [2.24, 2.45) is 0 Å². The summed E-state index contributed by atoms with van der Waals surface area (Å²) in [5.74, 6) is -0.00909. The molecule has 6 nitrogen and oxygen atoms in total. The third-order valence-corrected chi connectivity index (χ3v) is 5.75. The molecule has 1 heterocycles. The lowest BCUT2D eigenvalue weighted by Crippen LogP contribution is -2.47. The molecule has 146 valence electrons. The highest BCUT2D eigenvalue weighted by atomic mass is 32.2. The van der Waals surface area contributed by atoms with Gasteiger partial charge >= 0.3 is 0 Å². The molecule has 0 spiro atoms. The van der Waals surface area contributed by atoms with Gasteiger partial charge in [-0.1, -0.05) is 36.4 Å². The number of fused-ring (bicyclic) bond motifs is 1. The van der Waals surface area contributed by atoms with Gasteiger partial charge in [0.05, 0.1) is 18.8 Å². The number of nitrogens with zero attached hydrogens (tertiary/aromatic N) is 1. The zero-order valence-electron chi connectivity index (χ0n) is 15.8. The smallest absolute Gasteiger partial charge is 0.234 e. The molecule has 3 rings (SSSR count). The molecule has 27 heavy (non-hydrogen) atoms. The zero-order valence-corrected chi connectivity index (χ0v) is 16.6. The normalized spacial score (nSPS) is 17.7. The Balaban J connectivity index is 1.50. The molecule has 1 aliphatic heterocycles. The van der Waals surface area contributed by atoms with Crippen LogP contribution in [0.25, 0.3) is 10.8 Å². The number of amides is 1. The van der Waals surface area contributed by atoms with Gasteiger partial charge < -0.3 is 5.32 Å². The molecular formula is C20H27N3O3S. The number of hydrogen-bond donors (Lipinski definition) is 2. The highest BCUT2D eigenvalue weighted by molar-refractivity contribution is 7.88. The first-order valence-electron chi connectivity index (χ1n) is 9.28. The van der Waals surface area contributed by atoms with Gasteiger partial charge in [0.15, 0.2) is 0 Å². The van der Waals surface area contributed by atoms with Crippen LogP contribution < -0.4 is 10.0 Å². The van der Waals surface area contributed by atoms with Crippen molar-refractivity contribution >= 4 is 26.7 Å². The first-order valence-corrected chi connectivity index (χ1v) is 11.2. The van der Waals surface area contributed by atoms with E-state index in [1.54, 1.807) is 0 Å². The third kappa shape index (κ3) is 5.76. The van der Waals surface area contributed by atoms with Crippen LogP contribution in [0.1, 0.15) is 31.4 Å². The van der Waals surface area contributed by atoms with Crippen LogP contribution in [0.5, 0.6) is 0 Å². The molecule has 2 N–H and O–H groups in total. The van der Waals surface area contributed by atoms with E-state index in [0.717, 1.165) is 23.8 Å². The van der Waals surface area contributed by atoms with Crippen LogP contribution in [0.3, 0.4) is 0 Å². The Kier molecular flexibility index (Phi) is 6.14. The molecular weight excluding hydrogens is 362 g/mol. The molecule has 0 radical (unpaired) electrons. The number of hydrogen-bond acceptors (Lipinski definition) is 4. The summed E-state index contributed by atoms with van der Waals surface area (Å²) in [7, 11) is -3.17. The second-order valence-electron chi connectivity index (χ2n) is 7.34. The van der Waals surface area contributed by atoms with E-state index in [1.165, 1.54) is 11.6 Å². The molecule has 0 bridgehead atoms. The highest BCUT2D eigenvalue weighted by Gasteiger charge is 2.23. The van der Waals surface area contributed by atoms with E-state index in [4.69, 9.17) is 0 Å². The van der Waals surface area contributed by atoms with Gasteiger partial charge in [-0.2, -0.15) is 0 Å². The number of rotatable bonds is 6. The molecule has 1 fully saturated rings. The number of benzene rings is 2. The maximum absolute atomic E-state index is 12.4. The molecule has 0 aliphatic carbocycles. The Morgan fingerprint density at radius 1 is 1.15 bits per heavy atom. The van der Waals surface area contributed by atoms with E-state index < -0.39 is 10.0 Å². The van der Waals surface area contributed by atoms with Crippen molar-refractivity contribution in [2.45, 2.75) is 31.8 Å². The van der Waals surface area contributed by atoms with Gasteiger partial charge in [-0.15, -0.1) is 0 Å². The summed E-state index contributed by atoms with van der Waals surface area (Å²) in [5.41, 5.74) is 1.08. The van der Waals surface area contributed by atoms with Crippen LogP contribution in [0, 0.1) is 0 Å². The van der Waals surface area contributed by atoms with Gasteiger partial charge in [0.1, 0.15) is 0 Å². The fourth-order valence-electron chi connectivity index (χ4n) is 3.56. The minimum atomic E-state index is -3.17. The van der Waals surface area contributed by atoms with E-state index >= 15 is 0 Å². The SMILES string of the molecule is CC(NC(=O)CN1CCC(NS(C)(=O)=O)CC1)c1ccc2ccccc2c1. The van der Waals surface area contributed by atoms with E-state index in [0.29, 0.717) is 19.6 Å². The molecule has 0 aromatic heterocycles. The van der Waals surface area contributed by atoms with Gasteiger partial charge in [-0.25, -0.2) is 13.1 Å². The standard InChI is InChI=1S/C20H27N3O3S/c1-15(17-8-7-16-5-3-4-6-18(16)13-17)21-20(24)14-23-11-9-19(10-12-23)22-27(2,25)26/h3-8,13,15,19,22H,9-12,14H2,1-2H3,(H,21,24). The van der Waals surface area contributed by atoms with Crippen molar-refractivity contribution in [2.75, 3.05) is 25.9 Å². The van der Waals surface area contributed by atoms with Crippen LogP contribution in [0.15, 0.2) is 42.5 Å². The number of carbonyl (C=O) groups excluding carboxylic acids is 1. The number of nitrogens with one attached hydrogen (secondary N) is 2. The summed E-state index contributed by atoms with van der Waals surface area (Å²) in [6, 6.07) is 14.3. The first kappa shape index (κ1) is 19.8. The molecule has 1 unspecified atom stereocenters. The molecule has 0 saturated carbocycles. The van der Waals surface area contributed by atoms with E-state index in [1.807, 2.05) is 19.1 Å². The average molecular weight is 390 g/mol. The van der Waals surface area contributed by atoms with Crippen LogP contribution in [0.4, 0.5) is 0 Å². The molecule has 7 heteroatoms.